The van der Waals surface area contributed by atoms with Crippen LogP contribution in [0.3, 0.4) is 0 Å². The lowest BCUT2D eigenvalue weighted by atomic mass is 9.96. The summed E-state index contributed by atoms with van der Waals surface area (Å²) < 4.78 is 59.7. The predicted molar refractivity (Wildman–Crippen MR) is 151 cm³/mol. The molecule has 8 nitrogen and oxygen atoms in total. The second-order valence-corrected chi connectivity index (χ2v) is 10.3. The lowest BCUT2D eigenvalue weighted by Crippen LogP contribution is -2.38. The molecule has 2 aliphatic rings. The Balaban J connectivity index is 1.29. The Morgan fingerprint density at radius 1 is 0.907 bits per heavy atom. The van der Waals surface area contributed by atoms with E-state index in [1.807, 2.05) is 60.7 Å². The van der Waals surface area contributed by atoms with Crippen LogP contribution < -0.4 is 0 Å². The smallest absolute Gasteiger partial charge is 0.433 e. The molecule has 43 heavy (non-hydrogen) atoms. The second-order valence-electron chi connectivity index (χ2n) is 10.3. The van der Waals surface area contributed by atoms with Crippen LogP contribution >= 0.6 is 0 Å². The number of hydrogen-bond acceptors (Lipinski definition) is 6. The van der Waals surface area contributed by atoms with Crippen molar-refractivity contribution in [2.75, 3.05) is 19.9 Å². The first-order chi connectivity index (χ1) is 20.9. The van der Waals surface area contributed by atoms with E-state index in [1.54, 1.807) is 9.47 Å². The SMILES string of the molecule is O=C(OCc1ccccc1)N1CCC(c2ncc(-c3cccc(C(F)(F)F)n3)n2C2=C(Cc3ccccc3)OCO2)CC1. The number of carbonyl (C=O) groups is 1. The van der Waals surface area contributed by atoms with Gasteiger partial charge < -0.3 is 19.1 Å². The quantitative estimate of drug-likeness (QED) is 0.234. The Morgan fingerprint density at radius 3 is 2.30 bits per heavy atom. The number of ether oxygens (including phenoxy) is 3. The van der Waals surface area contributed by atoms with E-state index in [-0.39, 0.29) is 31.1 Å². The summed E-state index contributed by atoms with van der Waals surface area (Å²) in [6.45, 7) is 1.04. The van der Waals surface area contributed by atoms with Gasteiger partial charge in [0.15, 0.2) is 5.76 Å². The highest BCUT2D eigenvalue weighted by molar-refractivity contribution is 5.68. The van der Waals surface area contributed by atoms with Crippen molar-refractivity contribution in [2.45, 2.75) is 38.0 Å². The minimum atomic E-state index is -4.60. The lowest BCUT2D eigenvalue weighted by molar-refractivity contribution is -0.141. The number of allylic oxidation sites excluding steroid dienone is 1. The maximum atomic E-state index is 13.6. The van der Waals surface area contributed by atoms with Crippen molar-refractivity contribution in [3.63, 3.8) is 0 Å². The van der Waals surface area contributed by atoms with Gasteiger partial charge in [-0.2, -0.15) is 13.2 Å². The van der Waals surface area contributed by atoms with Gasteiger partial charge in [0.05, 0.1) is 17.6 Å². The molecule has 0 atom stereocenters. The van der Waals surface area contributed by atoms with Crippen LogP contribution in [-0.4, -0.2) is 45.4 Å². The zero-order chi connectivity index (χ0) is 29.8. The summed E-state index contributed by atoms with van der Waals surface area (Å²) in [5, 5.41) is 0. The zero-order valence-electron chi connectivity index (χ0n) is 23.2. The molecule has 4 heterocycles. The number of alkyl halides is 3. The normalized spacial score (nSPS) is 15.7. The molecule has 0 spiro atoms. The third-order valence-electron chi connectivity index (χ3n) is 7.49. The number of hydrogen-bond donors (Lipinski definition) is 0. The molecule has 6 rings (SSSR count). The summed E-state index contributed by atoms with van der Waals surface area (Å²) in [6, 6.07) is 22.9. The van der Waals surface area contributed by atoms with Gasteiger partial charge in [0, 0.05) is 25.4 Å². The number of pyridine rings is 1. The van der Waals surface area contributed by atoms with E-state index in [0.717, 1.165) is 17.2 Å². The summed E-state index contributed by atoms with van der Waals surface area (Å²) in [7, 11) is 0. The highest BCUT2D eigenvalue weighted by atomic mass is 19.4. The van der Waals surface area contributed by atoms with Gasteiger partial charge in [-0.3, -0.25) is 4.57 Å². The van der Waals surface area contributed by atoms with Gasteiger partial charge in [-0.1, -0.05) is 66.7 Å². The van der Waals surface area contributed by atoms with E-state index >= 15 is 0 Å². The molecule has 1 saturated heterocycles. The number of piperidine rings is 1. The molecule has 0 unspecified atom stereocenters. The molecule has 2 aliphatic heterocycles. The third-order valence-corrected chi connectivity index (χ3v) is 7.49. The van der Waals surface area contributed by atoms with Crippen molar-refractivity contribution < 1.29 is 32.2 Å². The van der Waals surface area contributed by atoms with Gasteiger partial charge in [0.1, 0.15) is 18.1 Å². The predicted octanol–water partition coefficient (Wildman–Crippen LogP) is 6.85. The molecule has 0 saturated carbocycles. The summed E-state index contributed by atoms with van der Waals surface area (Å²) in [5.41, 5.74) is 1.36. The summed E-state index contributed by atoms with van der Waals surface area (Å²) in [6.07, 6.45) is -1.89. The van der Waals surface area contributed by atoms with Crippen LogP contribution in [0.1, 0.15) is 41.4 Å². The monoisotopic (exact) mass is 590 g/mol. The molecule has 1 fully saturated rings. The van der Waals surface area contributed by atoms with Crippen molar-refractivity contribution in [2.24, 2.45) is 0 Å². The van der Waals surface area contributed by atoms with Crippen LogP contribution in [0, 0.1) is 0 Å². The molecular formula is C32H29F3N4O4. The van der Waals surface area contributed by atoms with Crippen molar-refractivity contribution >= 4 is 12.0 Å². The molecular weight excluding hydrogens is 561 g/mol. The number of imidazole rings is 1. The van der Waals surface area contributed by atoms with E-state index in [2.05, 4.69) is 9.97 Å². The van der Waals surface area contributed by atoms with Crippen molar-refractivity contribution in [3.8, 4) is 11.4 Å². The van der Waals surface area contributed by atoms with Gasteiger partial charge in [-0.15, -0.1) is 0 Å². The van der Waals surface area contributed by atoms with E-state index in [4.69, 9.17) is 14.2 Å². The molecule has 0 bridgehead atoms. The first-order valence-corrected chi connectivity index (χ1v) is 14.0. The van der Waals surface area contributed by atoms with Gasteiger partial charge >= 0.3 is 12.3 Å². The second kappa shape index (κ2) is 12.2. The zero-order valence-corrected chi connectivity index (χ0v) is 23.2. The Hall–Kier alpha value is -4.80. The maximum Gasteiger partial charge on any atom is 0.433 e. The van der Waals surface area contributed by atoms with Crippen molar-refractivity contribution in [1.82, 2.24) is 19.4 Å². The number of likely N-dealkylation sites (tertiary alicyclic amines) is 1. The van der Waals surface area contributed by atoms with Gasteiger partial charge in [-0.25, -0.2) is 14.8 Å². The lowest BCUT2D eigenvalue weighted by Gasteiger charge is -2.31. The number of halogens is 3. The van der Waals surface area contributed by atoms with Crippen molar-refractivity contribution in [3.05, 3.63) is 113 Å². The van der Waals surface area contributed by atoms with E-state index in [1.165, 1.54) is 18.3 Å². The fourth-order valence-electron chi connectivity index (χ4n) is 5.31. The molecule has 4 aromatic rings. The minimum Gasteiger partial charge on any atom is -0.456 e. The number of nitrogens with zero attached hydrogens (tertiary/aromatic N) is 4. The standard InChI is InChI=1S/C32H29F3N4O4/c33-32(34,35)28-13-7-12-25(37-28)26-19-36-29(39(26)30-27(42-21-43-30)18-22-8-3-1-4-9-22)24-14-16-38(17-15-24)31(40)41-20-23-10-5-2-6-11-23/h1-13,19,24H,14-18,20-21H2. The summed E-state index contributed by atoms with van der Waals surface area (Å²) in [4.78, 5) is 23.0. The Labute approximate surface area is 246 Å². The molecule has 0 radical (unpaired) electrons. The average molecular weight is 591 g/mol. The first-order valence-electron chi connectivity index (χ1n) is 14.0. The van der Waals surface area contributed by atoms with Crippen LogP contribution in [0.2, 0.25) is 0 Å². The molecule has 2 aromatic carbocycles. The molecule has 0 aliphatic carbocycles. The topological polar surface area (TPSA) is 78.7 Å². The Kier molecular flexibility index (Phi) is 8.04. The summed E-state index contributed by atoms with van der Waals surface area (Å²) >= 11 is 0. The van der Waals surface area contributed by atoms with E-state index in [0.29, 0.717) is 55.5 Å². The van der Waals surface area contributed by atoms with Crippen LogP contribution in [0.5, 0.6) is 0 Å². The van der Waals surface area contributed by atoms with E-state index < -0.39 is 11.9 Å². The molecule has 2 aromatic heterocycles. The van der Waals surface area contributed by atoms with Crippen LogP contribution in [0.15, 0.2) is 90.8 Å². The maximum absolute atomic E-state index is 13.6. The van der Waals surface area contributed by atoms with Gasteiger partial charge in [-0.05, 0) is 36.1 Å². The number of carbonyl (C=O) groups excluding carboxylic acids is 1. The third kappa shape index (κ3) is 6.35. The molecule has 222 valence electrons. The fourth-order valence-corrected chi connectivity index (χ4v) is 5.31. The summed E-state index contributed by atoms with van der Waals surface area (Å²) in [5.74, 6) is 1.42. The van der Waals surface area contributed by atoms with Crippen molar-refractivity contribution in [1.29, 1.82) is 0 Å². The number of benzene rings is 2. The van der Waals surface area contributed by atoms with Crippen LogP contribution in [0.25, 0.3) is 17.3 Å². The van der Waals surface area contributed by atoms with Crippen LogP contribution in [-0.2, 0) is 33.4 Å². The Bertz CT molecular complexity index is 1600. The number of aromatic nitrogens is 3. The highest BCUT2D eigenvalue weighted by Crippen LogP contribution is 2.37. The first kappa shape index (κ1) is 28.3. The molecule has 1 amide bonds. The number of rotatable bonds is 7. The number of amides is 1. The Morgan fingerprint density at radius 2 is 1.60 bits per heavy atom. The average Bonchev–Trinajstić information content (AvgIpc) is 3.67. The largest absolute Gasteiger partial charge is 0.456 e. The van der Waals surface area contributed by atoms with Crippen LogP contribution in [0.4, 0.5) is 18.0 Å². The molecule has 0 N–H and O–H groups in total. The van der Waals surface area contributed by atoms with Gasteiger partial charge in [0.25, 0.3) is 0 Å². The van der Waals surface area contributed by atoms with Gasteiger partial charge in [0.2, 0.25) is 12.7 Å². The van der Waals surface area contributed by atoms with E-state index in [9.17, 15) is 18.0 Å². The fraction of sp³-hybridized carbons (Fsp3) is 0.281. The highest BCUT2D eigenvalue weighted by Gasteiger charge is 2.35. The minimum absolute atomic E-state index is 0.0315. The molecule has 11 heteroatoms.